The van der Waals surface area contributed by atoms with E-state index in [4.69, 9.17) is 9.15 Å². The predicted octanol–water partition coefficient (Wildman–Crippen LogP) is 0.378. The van der Waals surface area contributed by atoms with Crippen LogP contribution < -0.4 is 5.32 Å². The number of aliphatic hydroxyl groups excluding tert-OH is 2. The first-order valence-electron chi connectivity index (χ1n) is 7.78. The zero-order valence-corrected chi connectivity index (χ0v) is 13.1. The van der Waals surface area contributed by atoms with Crippen molar-refractivity contribution in [3.05, 3.63) is 30.7 Å². The third kappa shape index (κ3) is 2.90. The van der Waals surface area contributed by atoms with E-state index in [1.165, 1.54) is 18.7 Å². The lowest BCUT2D eigenvalue weighted by Gasteiger charge is -2.13. The highest BCUT2D eigenvalue weighted by Gasteiger charge is 2.35. The Morgan fingerprint density at radius 2 is 2.20 bits per heavy atom. The van der Waals surface area contributed by atoms with Crippen molar-refractivity contribution in [1.82, 2.24) is 19.5 Å². The van der Waals surface area contributed by atoms with E-state index in [2.05, 4.69) is 20.3 Å². The van der Waals surface area contributed by atoms with Crippen molar-refractivity contribution in [2.45, 2.75) is 31.4 Å². The first kappa shape index (κ1) is 15.8. The van der Waals surface area contributed by atoms with Crippen LogP contribution in [-0.2, 0) is 11.3 Å². The fraction of sp³-hybridized carbons (Fsp3) is 0.400. The van der Waals surface area contributed by atoms with Gasteiger partial charge in [-0.3, -0.25) is 4.57 Å². The molecule has 3 aromatic rings. The number of nitrogens with zero attached hydrogens (tertiary/aromatic N) is 4. The van der Waals surface area contributed by atoms with Gasteiger partial charge in [-0.05, 0) is 0 Å². The van der Waals surface area contributed by atoms with E-state index in [-0.39, 0.29) is 12.4 Å². The molecule has 3 aromatic heterocycles. The smallest absolute Gasteiger partial charge is 0.167 e. The number of nitrogens with one attached hydrogen (secondary N) is 1. The molecule has 0 aromatic carbocycles. The van der Waals surface area contributed by atoms with Crippen LogP contribution in [0.1, 0.15) is 18.4 Å². The number of hydrogen-bond donors (Lipinski definition) is 4. The number of imidazole rings is 1. The van der Waals surface area contributed by atoms with Crippen molar-refractivity contribution in [2.75, 3.05) is 11.9 Å². The van der Waals surface area contributed by atoms with Crippen LogP contribution in [0.4, 0.5) is 5.82 Å². The van der Waals surface area contributed by atoms with Gasteiger partial charge < -0.3 is 29.8 Å². The Morgan fingerprint density at radius 1 is 1.32 bits per heavy atom. The average molecular weight is 347 g/mol. The molecule has 1 fully saturated rings. The normalized spacial score (nSPS) is 23.4. The molecular weight excluding hydrogens is 330 g/mol. The maximum atomic E-state index is 9.90. The first-order valence-corrected chi connectivity index (χ1v) is 7.78. The minimum Gasteiger partial charge on any atom is -0.505 e. The third-order valence-electron chi connectivity index (χ3n) is 4.12. The van der Waals surface area contributed by atoms with E-state index in [1.807, 2.05) is 0 Å². The molecule has 10 nitrogen and oxygen atoms in total. The number of aliphatic hydroxyl groups is 2. The average Bonchev–Trinajstić information content (AvgIpc) is 3.31. The molecule has 10 heteroatoms. The third-order valence-corrected chi connectivity index (χ3v) is 4.12. The van der Waals surface area contributed by atoms with Crippen molar-refractivity contribution in [3.63, 3.8) is 0 Å². The lowest BCUT2D eigenvalue weighted by atomic mass is 10.2. The lowest BCUT2D eigenvalue weighted by Crippen LogP contribution is -2.24. The van der Waals surface area contributed by atoms with Gasteiger partial charge in [-0.1, -0.05) is 0 Å². The Bertz CT molecular complexity index is 878. The number of furan rings is 1. The summed E-state index contributed by atoms with van der Waals surface area (Å²) in [5.41, 5.74) is 1.10. The summed E-state index contributed by atoms with van der Waals surface area (Å²) in [5, 5.41) is 31.5. The van der Waals surface area contributed by atoms with Crippen molar-refractivity contribution < 1.29 is 24.5 Å². The van der Waals surface area contributed by atoms with Gasteiger partial charge in [-0.25, -0.2) is 15.0 Å². The molecule has 4 rings (SSSR count). The zero-order chi connectivity index (χ0) is 17.4. The summed E-state index contributed by atoms with van der Waals surface area (Å²) in [4.78, 5) is 12.8. The van der Waals surface area contributed by atoms with Crippen LogP contribution in [0.15, 0.2) is 29.4 Å². The van der Waals surface area contributed by atoms with E-state index in [0.717, 1.165) is 0 Å². The molecule has 1 aliphatic rings. The number of rotatable bonds is 5. The molecule has 132 valence electrons. The highest BCUT2D eigenvalue weighted by molar-refractivity contribution is 5.82. The second-order valence-corrected chi connectivity index (χ2v) is 5.79. The Morgan fingerprint density at radius 3 is 2.92 bits per heavy atom. The van der Waals surface area contributed by atoms with E-state index < -0.39 is 18.4 Å². The molecule has 0 bridgehead atoms. The summed E-state index contributed by atoms with van der Waals surface area (Å²) in [5.74, 6) is 1.12. The second-order valence-electron chi connectivity index (χ2n) is 5.79. The minimum atomic E-state index is -0.737. The van der Waals surface area contributed by atoms with Gasteiger partial charge in [0.25, 0.3) is 0 Å². The fourth-order valence-electron chi connectivity index (χ4n) is 2.87. The molecule has 0 radical (unpaired) electrons. The van der Waals surface area contributed by atoms with Crippen LogP contribution in [0.2, 0.25) is 0 Å². The quantitative estimate of drug-likeness (QED) is 0.515. The van der Waals surface area contributed by atoms with E-state index in [1.54, 1.807) is 10.9 Å². The van der Waals surface area contributed by atoms with Gasteiger partial charge in [0.2, 0.25) is 0 Å². The summed E-state index contributed by atoms with van der Waals surface area (Å²) in [7, 11) is 0. The molecule has 4 N–H and O–H groups in total. The molecule has 4 heterocycles. The highest BCUT2D eigenvalue weighted by atomic mass is 16.5. The number of ether oxygens (including phenoxy) is 1. The van der Waals surface area contributed by atoms with Crippen molar-refractivity contribution in [3.8, 4) is 5.75 Å². The molecule has 1 unspecified atom stereocenters. The molecule has 0 saturated carbocycles. The highest BCUT2D eigenvalue weighted by Crippen LogP contribution is 2.31. The van der Waals surface area contributed by atoms with Crippen LogP contribution in [0.25, 0.3) is 11.2 Å². The van der Waals surface area contributed by atoms with Crippen molar-refractivity contribution >= 4 is 17.0 Å². The molecule has 0 spiro atoms. The van der Waals surface area contributed by atoms with E-state index >= 15 is 0 Å². The summed E-state index contributed by atoms with van der Waals surface area (Å²) in [6.45, 7) is 0.0762. The Hall–Kier alpha value is -2.69. The van der Waals surface area contributed by atoms with Crippen LogP contribution in [-0.4, -0.2) is 53.7 Å². The molecule has 25 heavy (non-hydrogen) atoms. The van der Waals surface area contributed by atoms with Gasteiger partial charge in [0.1, 0.15) is 30.7 Å². The number of hydrogen-bond acceptors (Lipinski definition) is 9. The predicted molar refractivity (Wildman–Crippen MR) is 84.6 cm³/mol. The standard InChI is InChI=1S/C15H17N5O5/c21-4-11-10(23)2-12(25-11)20-7-19-13-14(17-6-18-15(13)20)16-3-9-1-8(22)5-24-9/h1,5-7,10-12,21-23H,2-4H2,(H,16,17,18)/t10-,11+,12?/m0/s1. The summed E-state index contributed by atoms with van der Waals surface area (Å²) in [6.07, 6.45) is 2.75. The van der Waals surface area contributed by atoms with Gasteiger partial charge in [0.05, 0.1) is 25.6 Å². The van der Waals surface area contributed by atoms with Crippen LogP contribution in [0, 0.1) is 0 Å². The topological polar surface area (TPSA) is 139 Å². The monoisotopic (exact) mass is 347 g/mol. The maximum absolute atomic E-state index is 9.90. The van der Waals surface area contributed by atoms with Gasteiger partial charge in [-0.15, -0.1) is 0 Å². The maximum Gasteiger partial charge on any atom is 0.167 e. The summed E-state index contributed by atoms with van der Waals surface area (Å²) < 4.78 is 12.5. The van der Waals surface area contributed by atoms with Gasteiger partial charge in [-0.2, -0.15) is 0 Å². The largest absolute Gasteiger partial charge is 0.505 e. The molecule has 0 amide bonds. The second kappa shape index (κ2) is 6.31. The van der Waals surface area contributed by atoms with Crippen molar-refractivity contribution in [1.29, 1.82) is 0 Å². The minimum absolute atomic E-state index is 0.0595. The van der Waals surface area contributed by atoms with Crippen molar-refractivity contribution in [2.24, 2.45) is 0 Å². The van der Waals surface area contributed by atoms with Crippen LogP contribution in [0.5, 0.6) is 5.75 Å². The molecule has 1 saturated heterocycles. The van der Waals surface area contributed by atoms with Crippen LogP contribution >= 0.6 is 0 Å². The van der Waals surface area contributed by atoms with Gasteiger partial charge in [0, 0.05) is 12.5 Å². The first-order chi connectivity index (χ1) is 12.2. The van der Waals surface area contributed by atoms with E-state index in [9.17, 15) is 15.3 Å². The Labute approximate surface area is 141 Å². The number of aromatic hydroxyl groups is 1. The fourth-order valence-corrected chi connectivity index (χ4v) is 2.87. The van der Waals surface area contributed by atoms with E-state index in [0.29, 0.717) is 35.7 Å². The Balaban J connectivity index is 1.58. The molecule has 3 atom stereocenters. The van der Waals surface area contributed by atoms with Gasteiger partial charge >= 0.3 is 0 Å². The summed E-state index contributed by atoms with van der Waals surface area (Å²) in [6, 6.07) is 1.51. The Kier molecular flexibility index (Phi) is 3.99. The number of aromatic nitrogens is 4. The van der Waals surface area contributed by atoms with Crippen LogP contribution in [0.3, 0.4) is 0 Å². The number of anilines is 1. The lowest BCUT2D eigenvalue weighted by molar-refractivity contribution is -0.0432. The molecular formula is C15H17N5O5. The molecule has 1 aliphatic heterocycles. The number of fused-ring (bicyclic) bond motifs is 1. The van der Waals surface area contributed by atoms with Gasteiger partial charge in [0.15, 0.2) is 22.7 Å². The SMILES string of the molecule is OC[C@H]1OC(n2cnc3c(NCc4cc(O)co4)ncnc32)C[C@@H]1O. The summed E-state index contributed by atoms with van der Waals surface area (Å²) >= 11 is 0. The zero-order valence-electron chi connectivity index (χ0n) is 13.1. The molecule has 0 aliphatic carbocycles.